The molecule has 0 N–H and O–H groups in total. The van der Waals surface area contributed by atoms with Crippen LogP contribution in [0.25, 0.3) is 77.2 Å². The number of aromatic nitrogens is 2. The number of nitrogens with zero attached hydrogens (tertiary/aromatic N) is 4. The van der Waals surface area contributed by atoms with Gasteiger partial charge in [-0.25, -0.2) is 0 Å². The predicted octanol–water partition coefficient (Wildman–Crippen LogP) is 11.0. The summed E-state index contributed by atoms with van der Waals surface area (Å²) < 4.78 is 4.43. The van der Waals surface area contributed by atoms with Gasteiger partial charge in [0.2, 0.25) is 0 Å². The minimum atomic E-state index is 0.622. The summed E-state index contributed by atoms with van der Waals surface area (Å²) in [6, 6.07) is 58.9. The van der Waals surface area contributed by atoms with Crippen molar-refractivity contribution in [1.82, 2.24) is 9.13 Å². The van der Waals surface area contributed by atoms with E-state index in [-0.39, 0.29) is 0 Å². The molecule has 0 saturated carbocycles. The van der Waals surface area contributed by atoms with Gasteiger partial charge in [-0.05, 0) is 65.2 Å². The summed E-state index contributed by atoms with van der Waals surface area (Å²) in [5.41, 5.74) is 11.5. The van der Waals surface area contributed by atoms with Gasteiger partial charge in [-0.1, -0.05) is 109 Å². The van der Waals surface area contributed by atoms with E-state index in [1.165, 1.54) is 0 Å². The number of benzene rings is 7. The molecule has 0 saturated heterocycles. The van der Waals surface area contributed by atoms with Crippen molar-refractivity contribution in [3.63, 3.8) is 0 Å². The summed E-state index contributed by atoms with van der Waals surface area (Å²) in [6.45, 7) is 0. The average molecular weight is 611 g/mol. The summed E-state index contributed by atoms with van der Waals surface area (Å²) in [5, 5.41) is 24.8. The molecule has 0 amide bonds. The molecule has 7 aromatic carbocycles. The molecule has 0 aliphatic carbocycles. The van der Waals surface area contributed by atoms with Crippen LogP contribution in [0.2, 0.25) is 0 Å². The molecular weight excluding hydrogens is 585 g/mol. The Morgan fingerprint density at radius 2 is 0.917 bits per heavy atom. The Morgan fingerprint density at radius 1 is 0.396 bits per heavy atom. The third-order valence-electron chi connectivity index (χ3n) is 9.41. The molecule has 222 valence electrons. The fraction of sp³-hybridized carbons (Fsp3) is 0. The molecule has 0 unspecified atom stereocenters. The van der Waals surface area contributed by atoms with Crippen molar-refractivity contribution in [2.75, 3.05) is 0 Å². The zero-order valence-electron chi connectivity index (χ0n) is 25.8. The van der Waals surface area contributed by atoms with E-state index in [4.69, 9.17) is 0 Å². The Kier molecular flexibility index (Phi) is 6.22. The van der Waals surface area contributed by atoms with Crippen molar-refractivity contribution < 1.29 is 0 Å². The van der Waals surface area contributed by atoms with E-state index in [9.17, 15) is 10.5 Å². The number of hydrogen-bond acceptors (Lipinski definition) is 2. The van der Waals surface area contributed by atoms with Crippen LogP contribution < -0.4 is 0 Å². The lowest BCUT2D eigenvalue weighted by atomic mass is 9.96. The lowest BCUT2D eigenvalue weighted by molar-refractivity contribution is 1.17. The van der Waals surface area contributed by atoms with Gasteiger partial charge >= 0.3 is 0 Å². The van der Waals surface area contributed by atoms with Crippen LogP contribution in [0.15, 0.2) is 158 Å². The molecule has 48 heavy (non-hydrogen) atoms. The first-order chi connectivity index (χ1) is 23.7. The van der Waals surface area contributed by atoms with Crippen molar-refractivity contribution in [1.29, 1.82) is 10.5 Å². The van der Waals surface area contributed by atoms with Crippen LogP contribution in [0.4, 0.5) is 0 Å². The van der Waals surface area contributed by atoms with E-state index in [1.807, 2.05) is 36.4 Å². The normalized spacial score (nSPS) is 11.3. The van der Waals surface area contributed by atoms with Crippen LogP contribution in [0.5, 0.6) is 0 Å². The number of hydrogen-bond donors (Lipinski definition) is 0. The number of nitriles is 2. The Morgan fingerprint density at radius 3 is 1.58 bits per heavy atom. The lowest BCUT2D eigenvalue weighted by Gasteiger charge is -2.16. The second-order valence-electron chi connectivity index (χ2n) is 12.0. The Balaban J connectivity index is 1.19. The smallest absolute Gasteiger partial charge is 0.101 e. The van der Waals surface area contributed by atoms with E-state index in [0.29, 0.717) is 11.1 Å². The van der Waals surface area contributed by atoms with Gasteiger partial charge in [-0.2, -0.15) is 10.5 Å². The summed E-state index contributed by atoms with van der Waals surface area (Å²) in [6.07, 6.45) is 0. The van der Waals surface area contributed by atoms with E-state index in [1.54, 1.807) is 0 Å². The van der Waals surface area contributed by atoms with Crippen LogP contribution in [0.1, 0.15) is 11.1 Å². The average Bonchev–Trinajstić information content (AvgIpc) is 3.68. The van der Waals surface area contributed by atoms with Crippen molar-refractivity contribution in [3.8, 4) is 45.8 Å². The summed E-state index contributed by atoms with van der Waals surface area (Å²) in [5.74, 6) is 0. The second-order valence-corrected chi connectivity index (χ2v) is 12.0. The molecular formula is C44H26N4. The quantitative estimate of drug-likeness (QED) is 0.199. The molecule has 2 aromatic heterocycles. The first-order valence-electron chi connectivity index (χ1n) is 15.9. The summed E-state index contributed by atoms with van der Waals surface area (Å²) in [7, 11) is 0. The number of para-hydroxylation sites is 5. The lowest BCUT2D eigenvalue weighted by Crippen LogP contribution is -2.01. The zero-order valence-corrected chi connectivity index (χ0v) is 25.8. The molecule has 4 nitrogen and oxygen atoms in total. The topological polar surface area (TPSA) is 57.4 Å². The van der Waals surface area contributed by atoms with Gasteiger partial charge < -0.3 is 9.13 Å². The van der Waals surface area contributed by atoms with E-state index in [2.05, 4.69) is 143 Å². The molecule has 9 aromatic rings. The van der Waals surface area contributed by atoms with E-state index >= 15 is 0 Å². The zero-order chi connectivity index (χ0) is 32.2. The van der Waals surface area contributed by atoms with Crippen molar-refractivity contribution >= 4 is 43.6 Å². The third kappa shape index (κ3) is 4.07. The summed E-state index contributed by atoms with van der Waals surface area (Å²) in [4.78, 5) is 0. The molecule has 0 aliphatic heterocycles. The SMILES string of the molecule is N#Cc1cccc(-c2cccc(-c3ccc(-n4c5ccccc5c5cccc(C#N)c54)cc3)c2)c1-n1c2ccccc2c2ccccc21. The second kappa shape index (κ2) is 10.9. The Hall–Kier alpha value is -6.88. The number of fused-ring (bicyclic) bond motifs is 6. The molecule has 0 spiro atoms. The highest BCUT2D eigenvalue weighted by atomic mass is 15.0. The van der Waals surface area contributed by atoms with Gasteiger partial charge in [0.1, 0.15) is 12.1 Å². The van der Waals surface area contributed by atoms with Crippen LogP contribution >= 0.6 is 0 Å². The molecule has 0 radical (unpaired) electrons. The predicted molar refractivity (Wildman–Crippen MR) is 195 cm³/mol. The highest BCUT2D eigenvalue weighted by molar-refractivity contribution is 6.11. The maximum Gasteiger partial charge on any atom is 0.101 e. The maximum atomic E-state index is 10.4. The van der Waals surface area contributed by atoms with Crippen LogP contribution in [0.3, 0.4) is 0 Å². The summed E-state index contributed by atoms with van der Waals surface area (Å²) >= 11 is 0. The fourth-order valence-corrected chi connectivity index (χ4v) is 7.32. The van der Waals surface area contributed by atoms with Gasteiger partial charge in [0.25, 0.3) is 0 Å². The van der Waals surface area contributed by atoms with Gasteiger partial charge in [0.05, 0.1) is 38.9 Å². The third-order valence-corrected chi connectivity index (χ3v) is 9.41. The number of rotatable bonds is 4. The Bertz CT molecular complexity index is 2750. The fourth-order valence-electron chi connectivity index (χ4n) is 7.32. The van der Waals surface area contributed by atoms with Crippen LogP contribution in [0, 0.1) is 22.7 Å². The minimum absolute atomic E-state index is 0.622. The minimum Gasteiger partial charge on any atom is -0.308 e. The Labute approximate surface area is 277 Å². The first-order valence-corrected chi connectivity index (χ1v) is 15.9. The maximum absolute atomic E-state index is 10.4. The van der Waals surface area contributed by atoms with Crippen molar-refractivity contribution in [3.05, 3.63) is 169 Å². The monoisotopic (exact) mass is 610 g/mol. The highest BCUT2D eigenvalue weighted by Gasteiger charge is 2.19. The molecule has 0 aliphatic rings. The molecule has 2 heterocycles. The van der Waals surface area contributed by atoms with Gasteiger partial charge in [0.15, 0.2) is 0 Å². The standard InChI is InChI=1S/C44H26N4/c45-27-32-12-8-17-35(43(32)48-41-20-5-1-14-36(41)37-15-2-6-21-42(37)48)31-11-7-10-30(26-31)29-22-24-34(25-23-29)47-40-19-4-3-16-38(40)39-18-9-13-33(28-46)44(39)47/h1-26H. The first kappa shape index (κ1) is 27.4. The molecule has 9 rings (SSSR count). The van der Waals surface area contributed by atoms with Gasteiger partial charge in [-0.3, -0.25) is 0 Å². The van der Waals surface area contributed by atoms with E-state index < -0.39 is 0 Å². The molecule has 0 bridgehead atoms. The van der Waals surface area contributed by atoms with Crippen LogP contribution in [-0.2, 0) is 0 Å². The highest BCUT2D eigenvalue weighted by Crippen LogP contribution is 2.39. The van der Waals surface area contributed by atoms with Gasteiger partial charge in [0, 0.05) is 32.8 Å². The molecule has 0 fully saturated rings. The molecule has 0 atom stereocenters. The van der Waals surface area contributed by atoms with E-state index in [0.717, 1.165) is 77.2 Å². The molecule has 4 heteroatoms. The van der Waals surface area contributed by atoms with Crippen molar-refractivity contribution in [2.24, 2.45) is 0 Å². The largest absolute Gasteiger partial charge is 0.308 e. The van der Waals surface area contributed by atoms with Crippen molar-refractivity contribution in [2.45, 2.75) is 0 Å². The van der Waals surface area contributed by atoms with Gasteiger partial charge in [-0.15, -0.1) is 0 Å². The van der Waals surface area contributed by atoms with Crippen LogP contribution in [-0.4, -0.2) is 9.13 Å².